The van der Waals surface area contributed by atoms with E-state index in [1.807, 2.05) is 13.8 Å². The Morgan fingerprint density at radius 1 is 1.04 bits per heavy atom. The van der Waals surface area contributed by atoms with Crippen LogP contribution in [0.3, 0.4) is 0 Å². The van der Waals surface area contributed by atoms with E-state index < -0.39 is 5.97 Å². The molecule has 6 nitrogen and oxygen atoms in total. The van der Waals surface area contributed by atoms with Gasteiger partial charge in [0.1, 0.15) is 0 Å². The van der Waals surface area contributed by atoms with E-state index in [1.165, 1.54) is 7.11 Å². The van der Waals surface area contributed by atoms with E-state index in [9.17, 15) is 9.59 Å². The van der Waals surface area contributed by atoms with Gasteiger partial charge in [0.2, 0.25) is 0 Å². The first-order valence-electron chi connectivity index (χ1n) is 7.71. The van der Waals surface area contributed by atoms with E-state index in [0.717, 1.165) is 5.69 Å². The summed E-state index contributed by atoms with van der Waals surface area (Å²) in [4.78, 5) is 23.3. The number of amides is 2. The van der Waals surface area contributed by atoms with Crippen molar-refractivity contribution in [3.05, 3.63) is 53.1 Å². The van der Waals surface area contributed by atoms with Gasteiger partial charge in [-0.3, -0.25) is 0 Å². The molecule has 7 heteroatoms. The third kappa shape index (κ3) is 5.39. The molecule has 0 unspecified atom stereocenters. The topological polar surface area (TPSA) is 79.5 Å². The second-order valence-electron chi connectivity index (χ2n) is 5.64. The van der Waals surface area contributed by atoms with Crippen LogP contribution in [0, 0.1) is 0 Å². The molecule has 0 heterocycles. The van der Waals surface area contributed by atoms with Crippen molar-refractivity contribution in [1.82, 2.24) is 5.32 Å². The molecule has 2 amide bonds. The highest BCUT2D eigenvalue weighted by molar-refractivity contribution is 6.33. The number of benzene rings is 2. The van der Waals surface area contributed by atoms with Crippen molar-refractivity contribution in [1.29, 1.82) is 0 Å². The van der Waals surface area contributed by atoms with Gasteiger partial charge in [0.05, 0.1) is 23.4 Å². The minimum absolute atomic E-state index is 0.0603. The first-order valence-corrected chi connectivity index (χ1v) is 8.09. The first kappa shape index (κ1) is 18.6. The van der Waals surface area contributed by atoms with Crippen molar-refractivity contribution in [2.24, 2.45) is 0 Å². The molecule has 0 aliphatic rings. The summed E-state index contributed by atoms with van der Waals surface area (Å²) in [6.45, 7) is 3.78. The molecule has 0 radical (unpaired) electrons. The molecule has 0 fully saturated rings. The Kier molecular flexibility index (Phi) is 6.25. The third-order valence-electron chi connectivity index (χ3n) is 3.23. The zero-order chi connectivity index (χ0) is 18.4. The van der Waals surface area contributed by atoms with Crippen LogP contribution in [0.25, 0.3) is 0 Å². The van der Waals surface area contributed by atoms with Crippen LogP contribution in [-0.4, -0.2) is 25.2 Å². The fraction of sp³-hybridized carbons (Fsp3) is 0.222. The van der Waals surface area contributed by atoms with Gasteiger partial charge in [-0.15, -0.1) is 0 Å². The maximum absolute atomic E-state index is 11.7. The van der Waals surface area contributed by atoms with Gasteiger partial charge in [0, 0.05) is 17.4 Å². The summed E-state index contributed by atoms with van der Waals surface area (Å²) >= 11 is 6.16. The molecule has 2 rings (SSSR count). The number of carbonyl (C=O) groups excluding carboxylic acids is 2. The average molecular weight is 362 g/mol. The predicted molar refractivity (Wildman–Crippen MR) is 99.8 cm³/mol. The monoisotopic (exact) mass is 361 g/mol. The Labute approximate surface area is 151 Å². The van der Waals surface area contributed by atoms with Gasteiger partial charge in [0.25, 0.3) is 0 Å². The smallest absolute Gasteiger partial charge is 0.337 e. The number of anilines is 3. The summed E-state index contributed by atoms with van der Waals surface area (Å²) in [6.07, 6.45) is 0. The summed E-state index contributed by atoms with van der Waals surface area (Å²) in [5.41, 5.74) is 2.41. The summed E-state index contributed by atoms with van der Waals surface area (Å²) < 4.78 is 4.71. The number of esters is 1. The molecule has 3 N–H and O–H groups in total. The van der Waals surface area contributed by atoms with Crippen molar-refractivity contribution in [3.8, 4) is 0 Å². The van der Waals surface area contributed by atoms with Gasteiger partial charge >= 0.3 is 12.0 Å². The minimum atomic E-state index is -0.435. The van der Waals surface area contributed by atoms with Gasteiger partial charge in [-0.2, -0.15) is 0 Å². The Morgan fingerprint density at radius 3 is 2.28 bits per heavy atom. The molecule has 0 aromatic heterocycles. The lowest BCUT2D eigenvalue weighted by Crippen LogP contribution is -2.34. The van der Waals surface area contributed by atoms with E-state index in [1.54, 1.807) is 42.5 Å². The molecule has 0 atom stereocenters. The fourth-order valence-electron chi connectivity index (χ4n) is 2.09. The summed E-state index contributed by atoms with van der Waals surface area (Å²) in [6, 6.07) is 11.8. The van der Waals surface area contributed by atoms with Crippen LogP contribution >= 0.6 is 11.6 Å². The van der Waals surface area contributed by atoms with Gasteiger partial charge in [-0.1, -0.05) is 11.6 Å². The molecule has 2 aromatic carbocycles. The van der Waals surface area contributed by atoms with E-state index in [2.05, 4.69) is 16.0 Å². The minimum Gasteiger partial charge on any atom is -0.465 e. The van der Waals surface area contributed by atoms with E-state index in [0.29, 0.717) is 22.0 Å². The standard InChI is InChI=1S/C18H20ClN3O3/c1-11(2)20-18(24)22-14-7-5-13(6-8-14)21-16-10-12(17(23)25-3)4-9-15(16)19/h4-11,21H,1-3H3,(H2,20,22,24). The van der Waals surface area contributed by atoms with Crippen LogP contribution in [0.1, 0.15) is 24.2 Å². The normalized spacial score (nSPS) is 10.3. The Bertz CT molecular complexity index is 761. The number of ether oxygens (including phenoxy) is 1. The zero-order valence-corrected chi connectivity index (χ0v) is 15.0. The van der Waals surface area contributed by atoms with Crippen LogP contribution in [0.4, 0.5) is 21.9 Å². The number of methoxy groups -OCH3 is 1. The number of nitrogens with one attached hydrogen (secondary N) is 3. The third-order valence-corrected chi connectivity index (χ3v) is 3.56. The molecule has 0 saturated heterocycles. The largest absolute Gasteiger partial charge is 0.465 e. The van der Waals surface area contributed by atoms with Gasteiger partial charge in [-0.25, -0.2) is 9.59 Å². The number of urea groups is 1. The highest BCUT2D eigenvalue weighted by Gasteiger charge is 2.09. The van der Waals surface area contributed by atoms with Crippen LogP contribution in [-0.2, 0) is 4.74 Å². The number of hydrogen-bond acceptors (Lipinski definition) is 4. The SMILES string of the molecule is COC(=O)c1ccc(Cl)c(Nc2ccc(NC(=O)NC(C)C)cc2)c1. The average Bonchev–Trinajstić information content (AvgIpc) is 2.57. The molecule has 0 saturated carbocycles. The fourth-order valence-corrected chi connectivity index (χ4v) is 2.25. The van der Waals surface area contributed by atoms with E-state index >= 15 is 0 Å². The highest BCUT2D eigenvalue weighted by Crippen LogP contribution is 2.27. The maximum atomic E-state index is 11.7. The van der Waals surface area contributed by atoms with Crippen LogP contribution in [0.2, 0.25) is 5.02 Å². The molecular weight excluding hydrogens is 342 g/mol. The Hall–Kier alpha value is -2.73. The van der Waals surface area contributed by atoms with E-state index in [-0.39, 0.29) is 12.1 Å². The van der Waals surface area contributed by atoms with Crippen molar-refractivity contribution in [3.63, 3.8) is 0 Å². The summed E-state index contributed by atoms with van der Waals surface area (Å²) in [5.74, 6) is -0.435. The van der Waals surface area contributed by atoms with Gasteiger partial charge < -0.3 is 20.7 Å². The molecule has 25 heavy (non-hydrogen) atoms. The van der Waals surface area contributed by atoms with Gasteiger partial charge in [0.15, 0.2) is 0 Å². The lowest BCUT2D eigenvalue weighted by atomic mass is 10.2. The lowest BCUT2D eigenvalue weighted by molar-refractivity contribution is 0.0601. The van der Waals surface area contributed by atoms with Crippen LogP contribution in [0.5, 0.6) is 0 Å². The number of hydrogen-bond donors (Lipinski definition) is 3. The van der Waals surface area contributed by atoms with Crippen molar-refractivity contribution >= 4 is 40.7 Å². The molecule has 0 aliphatic heterocycles. The molecule has 0 spiro atoms. The van der Waals surface area contributed by atoms with E-state index in [4.69, 9.17) is 16.3 Å². The summed E-state index contributed by atoms with van der Waals surface area (Å²) in [5, 5.41) is 9.11. The van der Waals surface area contributed by atoms with Gasteiger partial charge in [-0.05, 0) is 56.3 Å². The summed E-state index contributed by atoms with van der Waals surface area (Å²) in [7, 11) is 1.32. The number of rotatable bonds is 5. The van der Waals surface area contributed by atoms with Crippen molar-refractivity contribution in [2.75, 3.05) is 17.7 Å². The Morgan fingerprint density at radius 2 is 1.68 bits per heavy atom. The van der Waals surface area contributed by atoms with Crippen LogP contribution in [0.15, 0.2) is 42.5 Å². The molecular formula is C18H20ClN3O3. The Balaban J connectivity index is 2.08. The highest BCUT2D eigenvalue weighted by atomic mass is 35.5. The predicted octanol–water partition coefficient (Wildman–Crippen LogP) is 4.40. The quantitative estimate of drug-likeness (QED) is 0.689. The first-order chi connectivity index (χ1) is 11.9. The maximum Gasteiger partial charge on any atom is 0.337 e. The van der Waals surface area contributed by atoms with Crippen molar-refractivity contribution in [2.45, 2.75) is 19.9 Å². The number of carbonyl (C=O) groups is 2. The molecule has 0 bridgehead atoms. The van der Waals surface area contributed by atoms with Crippen LogP contribution < -0.4 is 16.0 Å². The zero-order valence-electron chi connectivity index (χ0n) is 14.2. The molecule has 132 valence electrons. The molecule has 0 aliphatic carbocycles. The number of halogens is 1. The second-order valence-corrected chi connectivity index (χ2v) is 6.05. The van der Waals surface area contributed by atoms with Crippen molar-refractivity contribution < 1.29 is 14.3 Å². The molecule has 2 aromatic rings. The second kappa shape index (κ2) is 8.39. The lowest BCUT2D eigenvalue weighted by Gasteiger charge is -2.12.